The van der Waals surface area contributed by atoms with E-state index in [0.717, 1.165) is 48.4 Å². The van der Waals surface area contributed by atoms with Gasteiger partial charge in [-0.15, -0.1) is 0 Å². The normalized spacial score (nSPS) is 16.5. The van der Waals surface area contributed by atoms with Gasteiger partial charge in [-0.05, 0) is 57.5 Å². The van der Waals surface area contributed by atoms with Crippen LogP contribution in [0.4, 0.5) is 10.2 Å². The molecule has 2 N–H and O–H groups in total. The highest BCUT2D eigenvalue weighted by atomic mass is 19.1. The van der Waals surface area contributed by atoms with Gasteiger partial charge in [0, 0.05) is 35.7 Å². The Morgan fingerprint density at radius 2 is 1.97 bits per heavy atom. The Kier molecular flexibility index (Phi) is 5.07. The number of nitrogens with zero attached hydrogens (tertiary/aromatic N) is 5. The van der Waals surface area contributed by atoms with E-state index >= 15 is 4.39 Å². The lowest BCUT2D eigenvalue weighted by Gasteiger charge is -2.25. The molecule has 1 saturated heterocycles. The van der Waals surface area contributed by atoms with Crippen LogP contribution < -0.4 is 10.6 Å². The molecule has 1 aliphatic heterocycles. The average Bonchev–Trinajstić information content (AvgIpc) is 3.19. The predicted molar refractivity (Wildman–Crippen MR) is 118 cm³/mol. The van der Waals surface area contributed by atoms with Crippen molar-refractivity contribution in [2.75, 3.05) is 18.4 Å². The lowest BCUT2D eigenvalue weighted by atomic mass is 10.1. The Hall–Kier alpha value is -3.39. The quantitative estimate of drug-likeness (QED) is 0.526. The van der Waals surface area contributed by atoms with E-state index in [1.165, 1.54) is 0 Å². The van der Waals surface area contributed by atoms with Crippen molar-refractivity contribution in [3.8, 4) is 22.6 Å². The number of piperidine rings is 1. The molecule has 1 atom stereocenters. The van der Waals surface area contributed by atoms with Gasteiger partial charge < -0.3 is 10.6 Å². The Labute approximate surface area is 179 Å². The first kappa shape index (κ1) is 19.6. The maximum absolute atomic E-state index is 15.7. The monoisotopic (exact) mass is 417 g/mol. The van der Waals surface area contributed by atoms with Crippen molar-refractivity contribution in [2.45, 2.75) is 32.7 Å². The molecule has 4 aromatic heterocycles. The molecule has 1 aliphatic rings. The first-order chi connectivity index (χ1) is 15.1. The van der Waals surface area contributed by atoms with Crippen LogP contribution in [-0.4, -0.2) is 43.7 Å². The molecule has 0 aromatic carbocycles. The Bertz CT molecular complexity index is 1220. The van der Waals surface area contributed by atoms with Gasteiger partial charge in [-0.25, -0.2) is 18.9 Å². The zero-order chi connectivity index (χ0) is 21.4. The van der Waals surface area contributed by atoms with Gasteiger partial charge in [0.15, 0.2) is 17.5 Å². The van der Waals surface area contributed by atoms with Gasteiger partial charge >= 0.3 is 0 Å². The van der Waals surface area contributed by atoms with Crippen LogP contribution in [0.2, 0.25) is 0 Å². The van der Waals surface area contributed by atoms with Crippen LogP contribution in [0.1, 0.15) is 24.2 Å². The summed E-state index contributed by atoms with van der Waals surface area (Å²) in [5, 5.41) is 11.1. The molecule has 0 bridgehead atoms. The van der Waals surface area contributed by atoms with Crippen molar-refractivity contribution in [1.29, 1.82) is 0 Å². The lowest BCUT2D eigenvalue weighted by molar-refractivity contribution is 0.476. The number of aromatic nitrogens is 5. The van der Waals surface area contributed by atoms with Gasteiger partial charge in [-0.3, -0.25) is 4.98 Å². The molecule has 0 amide bonds. The van der Waals surface area contributed by atoms with Crippen molar-refractivity contribution in [2.24, 2.45) is 0 Å². The maximum Gasteiger partial charge on any atom is 0.191 e. The van der Waals surface area contributed by atoms with Crippen LogP contribution in [0.3, 0.4) is 0 Å². The van der Waals surface area contributed by atoms with Crippen molar-refractivity contribution < 1.29 is 4.39 Å². The Balaban J connectivity index is 1.67. The summed E-state index contributed by atoms with van der Waals surface area (Å²) in [5.74, 6) is 0.211. The molecule has 5 rings (SSSR count). The highest BCUT2D eigenvalue weighted by Crippen LogP contribution is 2.31. The molecule has 5 heterocycles. The summed E-state index contributed by atoms with van der Waals surface area (Å²) < 4.78 is 17.4. The zero-order valence-corrected chi connectivity index (χ0v) is 17.6. The molecule has 0 saturated carbocycles. The molecule has 31 heavy (non-hydrogen) atoms. The number of halogens is 1. The third-order valence-electron chi connectivity index (χ3n) is 5.51. The smallest absolute Gasteiger partial charge is 0.191 e. The van der Waals surface area contributed by atoms with Crippen molar-refractivity contribution in [3.63, 3.8) is 0 Å². The van der Waals surface area contributed by atoms with E-state index in [1.54, 1.807) is 10.7 Å². The average molecular weight is 417 g/mol. The molecule has 0 unspecified atom stereocenters. The molecule has 1 fully saturated rings. The van der Waals surface area contributed by atoms with E-state index in [1.807, 2.05) is 50.4 Å². The van der Waals surface area contributed by atoms with Crippen LogP contribution in [0.15, 0.2) is 42.7 Å². The fraction of sp³-hybridized carbons (Fsp3) is 0.304. The fourth-order valence-electron chi connectivity index (χ4n) is 4.10. The Morgan fingerprint density at radius 1 is 1.13 bits per heavy atom. The first-order valence-electron chi connectivity index (χ1n) is 10.5. The van der Waals surface area contributed by atoms with Crippen molar-refractivity contribution in [1.82, 2.24) is 29.9 Å². The second-order valence-electron chi connectivity index (χ2n) is 7.97. The standard InChI is InChI=1S/C23H24FN7/c1-14-10-16(11-15(2)27-14)21-20(24)23(28-17-6-5-8-25-12-17)30-22(29-21)18-13-26-31-9-4-3-7-19(18)31/h3-4,7,9-11,13,17,25H,5-6,8,12H2,1-2H3,(H,28,29,30)/t17-/m1/s1. The van der Waals surface area contributed by atoms with E-state index in [9.17, 15) is 0 Å². The SMILES string of the molecule is Cc1cc(-c2nc(-c3cnn4ccccc34)nc(N[C@@H]3CCCNC3)c2F)cc(C)n1. The molecule has 8 heteroatoms. The number of rotatable bonds is 4. The minimum atomic E-state index is -0.448. The largest absolute Gasteiger partial charge is 0.363 e. The summed E-state index contributed by atoms with van der Waals surface area (Å²) in [6, 6.07) is 9.62. The Morgan fingerprint density at radius 3 is 2.74 bits per heavy atom. The summed E-state index contributed by atoms with van der Waals surface area (Å²) in [6.07, 6.45) is 5.60. The van der Waals surface area contributed by atoms with Gasteiger partial charge in [-0.1, -0.05) is 6.07 Å². The molecule has 7 nitrogen and oxygen atoms in total. The highest BCUT2D eigenvalue weighted by molar-refractivity contribution is 5.78. The van der Waals surface area contributed by atoms with Gasteiger partial charge in [0.2, 0.25) is 0 Å². The molecule has 0 aliphatic carbocycles. The van der Waals surface area contributed by atoms with Gasteiger partial charge in [0.1, 0.15) is 5.69 Å². The number of hydrogen-bond acceptors (Lipinski definition) is 6. The lowest BCUT2D eigenvalue weighted by Crippen LogP contribution is -2.38. The van der Waals surface area contributed by atoms with Crippen molar-refractivity contribution >= 4 is 11.3 Å². The third-order valence-corrected chi connectivity index (χ3v) is 5.51. The number of nitrogens with one attached hydrogen (secondary N) is 2. The summed E-state index contributed by atoms with van der Waals surface area (Å²) in [4.78, 5) is 13.7. The molecule has 0 spiro atoms. The van der Waals surface area contributed by atoms with E-state index in [0.29, 0.717) is 11.4 Å². The van der Waals surface area contributed by atoms with E-state index in [4.69, 9.17) is 0 Å². The minimum Gasteiger partial charge on any atom is -0.363 e. The second-order valence-corrected chi connectivity index (χ2v) is 7.97. The molecular weight excluding hydrogens is 393 g/mol. The summed E-state index contributed by atoms with van der Waals surface area (Å²) in [6.45, 7) is 5.56. The van der Waals surface area contributed by atoms with Crippen LogP contribution in [0.25, 0.3) is 28.2 Å². The molecule has 0 radical (unpaired) electrons. The third kappa shape index (κ3) is 3.86. The van der Waals surface area contributed by atoms with Gasteiger partial charge in [0.25, 0.3) is 0 Å². The van der Waals surface area contributed by atoms with E-state index in [2.05, 4.69) is 30.7 Å². The van der Waals surface area contributed by atoms with Crippen LogP contribution in [0, 0.1) is 19.7 Å². The maximum atomic E-state index is 15.7. The highest BCUT2D eigenvalue weighted by Gasteiger charge is 2.22. The molecule has 4 aromatic rings. The van der Waals surface area contributed by atoms with Crippen LogP contribution in [-0.2, 0) is 0 Å². The molecule has 158 valence electrons. The number of anilines is 1. The second kappa shape index (κ2) is 8.03. The predicted octanol–water partition coefficient (Wildman–Crippen LogP) is 3.77. The topological polar surface area (TPSA) is 80.0 Å². The summed E-state index contributed by atoms with van der Waals surface area (Å²) >= 11 is 0. The van der Waals surface area contributed by atoms with Crippen LogP contribution >= 0.6 is 0 Å². The number of pyridine rings is 2. The van der Waals surface area contributed by atoms with Gasteiger partial charge in [-0.2, -0.15) is 5.10 Å². The minimum absolute atomic E-state index is 0.115. The number of hydrogen-bond donors (Lipinski definition) is 2. The number of fused-ring (bicyclic) bond motifs is 1. The van der Waals surface area contributed by atoms with Gasteiger partial charge in [0.05, 0.1) is 17.3 Å². The van der Waals surface area contributed by atoms with Crippen molar-refractivity contribution in [3.05, 3.63) is 59.9 Å². The number of aryl methyl sites for hydroxylation is 2. The van der Waals surface area contributed by atoms with E-state index < -0.39 is 5.82 Å². The fourth-order valence-corrected chi connectivity index (χ4v) is 4.10. The zero-order valence-electron chi connectivity index (χ0n) is 17.6. The van der Waals surface area contributed by atoms with Crippen LogP contribution in [0.5, 0.6) is 0 Å². The molecular formula is C23H24FN7. The first-order valence-corrected chi connectivity index (χ1v) is 10.5. The summed E-state index contributed by atoms with van der Waals surface area (Å²) in [7, 11) is 0. The van der Waals surface area contributed by atoms with E-state index in [-0.39, 0.29) is 17.6 Å². The summed E-state index contributed by atoms with van der Waals surface area (Å²) in [5.41, 5.74) is 4.21.